The summed E-state index contributed by atoms with van der Waals surface area (Å²) >= 11 is 0. The molecule has 1 unspecified atom stereocenters. The van der Waals surface area contributed by atoms with Crippen molar-refractivity contribution < 1.29 is 14.3 Å². The Labute approximate surface area is 84.8 Å². The summed E-state index contributed by atoms with van der Waals surface area (Å²) in [5.41, 5.74) is -0.300. The zero-order valence-electron chi connectivity index (χ0n) is 8.75. The molecule has 14 heavy (non-hydrogen) atoms. The second-order valence-electron chi connectivity index (χ2n) is 4.43. The quantitative estimate of drug-likeness (QED) is 0.634. The number of carbonyl (C=O) groups excluding carboxylic acids is 1. The second-order valence-corrected chi connectivity index (χ2v) is 4.43. The van der Waals surface area contributed by atoms with E-state index in [9.17, 15) is 4.79 Å². The fourth-order valence-electron chi connectivity index (χ4n) is 2.91. The summed E-state index contributed by atoms with van der Waals surface area (Å²) in [5.74, 6) is 0.444. The maximum atomic E-state index is 11.8. The van der Waals surface area contributed by atoms with E-state index < -0.39 is 0 Å². The van der Waals surface area contributed by atoms with E-state index in [1.807, 2.05) is 0 Å². The van der Waals surface area contributed by atoms with Crippen LogP contribution in [0.4, 0.5) is 0 Å². The highest BCUT2D eigenvalue weighted by Crippen LogP contribution is 2.46. The Morgan fingerprint density at radius 3 is 2.64 bits per heavy atom. The van der Waals surface area contributed by atoms with Gasteiger partial charge < -0.3 is 9.47 Å². The summed E-state index contributed by atoms with van der Waals surface area (Å²) < 4.78 is 10.3. The molecule has 0 radical (unpaired) electrons. The van der Waals surface area contributed by atoms with Crippen molar-refractivity contribution in [2.24, 2.45) is 11.3 Å². The molecule has 0 aromatic carbocycles. The fourth-order valence-corrected chi connectivity index (χ4v) is 2.91. The number of carbonyl (C=O) groups is 1. The molecule has 0 aromatic rings. The highest BCUT2D eigenvalue weighted by molar-refractivity contribution is 5.77. The summed E-state index contributed by atoms with van der Waals surface area (Å²) in [6.45, 7) is 1.29. The van der Waals surface area contributed by atoms with Crippen LogP contribution < -0.4 is 0 Å². The van der Waals surface area contributed by atoms with Crippen molar-refractivity contribution in [1.82, 2.24) is 0 Å². The van der Waals surface area contributed by atoms with Gasteiger partial charge in [-0.1, -0.05) is 12.8 Å². The zero-order chi connectivity index (χ0) is 10.0. The Balaban J connectivity index is 2.16. The van der Waals surface area contributed by atoms with E-state index in [1.165, 1.54) is 32.8 Å². The zero-order valence-corrected chi connectivity index (χ0v) is 8.75. The van der Waals surface area contributed by atoms with E-state index in [1.54, 1.807) is 0 Å². The molecule has 0 bridgehead atoms. The van der Waals surface area contributed by atoms with E-state index in [0.717, 1.165) is 6.42 Å². The Kier molecular flexibility index (Phi) is 2.77. The average molecular weight is 198 g/mol. The standard InChI is InChI=1S/C11H18O3/c1-13-10(12)11(6-7-14-8-11)9-4-2-3-5-9/h9H,2-8H2,1H3. The van der Waals surface area contributed by atoms with Crippen LogP contribution in [0.2, 0.25) is 0 Å². The second kappa shape index (κ2) is 3.89. The van der Waals surface area contributed by atoms with E-state index in [-0.39, 0.29) is 11.4 Å². The highest BCUT2D eigenvalue weighted by atomic mass is 16.5. The molecule has 80 valence electrons. The molecule has 1 heterocycles. The average Bonchev–Trinajstić information content (AvgIpc) is 2.86. The predicted octanol–water partition coefficient (Wildman–Crippen LogP) is 1.76. The van der Waals surface area contributed by atoms with Gasteiger partial charge in [0, 0.05) is 6.61 Å². The van der Waals surface area contributed by atoms with Gasteiger partial charge in [0.05, 0.1) is 19.1 Å². The Morgan fingerprint density at radius 1 is 1.43 bits per heavy atom. The SMILES string of the molecule is COC(=O)C1(C2CCCC2)CCOC1. The van der Waals surface area contributed by atoms with Crippen LogP contribution in [0, 0.1) is 11.3 Å². The highest BCUT2D eigenvalue weighted by Gasteiger charge is 2.50. The van der Waals surface area contributed by atoms with Crippen molar-refractivity contribution in [2.75, 3.05) is 20.3 Å². The van der Waals surface area contributed by atoms with Crippen molar-refractivity contribution in [3.05, 3.63) is 0 Å². The van der Waals surface area contributed by atoms with Gasteiger partial charge in [-0.15, -0.1) is 0 Å². The third kappa shape index (κ3) is 1.44. The van der Waals surface area contributed by atoms with Crippen LogP contribution in [0.25, 0.3) is 0 Å². The molecule has 3 nitrogen and oxygen atoms in total. The van der Waals surface area contributed by atoms with E-state index in [2.05, 4.69) is 0 Å². The number of ether oxygens (including phenoxy) is 2. The van der Waals surface area contributed by atoms with Crippen LogP contribution in [0.1, 0.15) is 32.1 Å². The largest absolute Gasteiger partial charge is 0.469 e. The lowest BCUT2D eigenvalue weighted by Gasteiger charge is -2.30. The summed E-state index contributed by atoms with van der Waals surface area (Å²) in [7, 11) is 1.48. The minimum atomic E-state index is -0.300. The first-order valence-corrected chi connectivity index (χ1v) is 5.46. The van der Waals surface area contributed by atoms with Gasteiger partial charge in [0.15, 0.2) is 0 Å². The van der Waals surface area contributed by atoms with E-state index in [0.29, 0.717) is 19.1 Å². The van der Waals surface area contributed by atoms with Gasteiger partial charge in [-0.25, -0.2) is 0 Å². The molecule has 0 amide bonds. The van der Waals surface area contributed by atoms with Gasteiger partial charge >= 0.3 is 5.97 Å². The maximum absolute atomic E-state index is 11.8. The third-order valence-corrected chi connectivity index (χ3v) is 3.78. The van der Waals surface area contributed by atoms with E-state index >= 15 is 0 Å². The number of esters is 1. The van der Waals surface area contributed by atoms with Crippen molar-refractivity contribution in [3.63, 3.8) is 0 Å². The van der Waals surface area contributed by atoms with Crippen LogP contribution in [0.15, 0.2) is 0 Å². The van der Waals surface area contributed by atoms with Crippen molar-refractivity contribution in [1.29, 1.82) is 0 Å². The minimum absolute atomic E-state index is 0.0538. The van der Waals surface area contributed by atoms with Gasteiger partial charge in [-0.05, 0) is 25.2 Å². The first-order valence-electron chi connectivity index (χ1n) is 5.46. The minimum Gasteiger partial charge on any atom is -0.469 e. The first-order chi connectivity index (χ1) is 6.79. The maximum Gasteiger partial charge on any atom is 0.314 e. The van der Waals surface area contributed by atoms with Crippen LogP contribution >= 0.6 is 0 Å². The number of hydrogen-bond acceptors (Lipinski definition) is 3. The van der Waals surface area contributed by atoms with E-state index in [4.69, 9.17) is 9.47 Å². The van der Waals surface area contributed by atoms with Gasteiger partial charge in [0.1, 0.15) is 0 Å². The topological polar surface area (TPSA) is 35.5 Å². The molecule has 1 saturated carbocycles. The first kappa shape index (κ1) is 9.97. The van der Waals surface area contributed by atoms with Gasteiger partial charge in [-0.2, -0.15) is 0 Å². The van der Waals surface area contributed by atoms with Gasteiger partial charge in [0.25, 0.3) is 0 Å². The van der Waals surface area contributed by atoms with Gasteiger partial charge in [-0.3, -0.25) is 4.79 Å². The number of rotatable bonds is 2. The summed E-state index contributed by atoms with van der Waals surface area (Å²) in [5, 5.41) is 0. The van der Waals surface area contributed by atoms with Crippen LogP contribution in [0.3, 0.4) is 0 Å². The lowest BCUT2D eigenvalue weighted by Crippen LogP contribution is -2.39. The van der Waals surface area contributed by atoms with Crippen LogP contribution in [0.5, 0.6) is 0 Å². The summed E-state index contributed by atoms with van der Waals surface area (Å²) in [6, 6.07) is 0. The fraction of sp³-hybridized carbons (Fsp3) is 0.909. The summed E-state index contributed by atoms with van der Waals surface area (Å²) in [6.07, 6.45) is 5.69. The molecule has 0 spiro atoms. The Bertz CT molecular complexity index is 213. The molecule has 2 aliphatic rings. The molecule has 3 heteroatoms. The molecule has 0 aromatic heterocycles. The van der Waals surface area contributed by atoms with Crippen molar-refractivity contribution >= 4 is 5.97 Å². The third-order valence-electron chi connectivity index (χ3n) is 3.78. The lowest BCUT2D eigenvalue weighted by atomic mass is 9.74. The van der Waals surface area contributed by atoms with Crippen molar-refractivity contribution in [3.8, 4) is 0 Å². The Morgan fingerprint density at radius 2 is 2.14 bits per heavy atom. The predicted molar refractivity (Wildman–Crippen MR) is 51.8 cm³/mol. The van der Waals surface area contributed by atoms with Gasteiger partial charge in [0.2, 0.25) is 0 Å². The van der Waals surface area contributed by atoms with Crippen LogP contribution in [-0.4, -0.2) is 26.3 Å². The molecule has 2 rings (SSSR count). The molecule has 1 saturated heterocycles. The molecule has 1 aliphatic carbocycles. The van der Waals surface area contributed by atoms with Crippen molar-refractivity contribution in [2.45, 2.75) is 32.1 Å². The monoisotopic (exact) mass is 198 g/mol. The molecule has 0 N–H and O–H groups in total. The lowest BCUT2D eigenvalue weighted by molar-refractivity contribution is -0.156. The smallest absolute Gasteiger partial charge is 0.314 e. The normalized spacial score (nSPS) is 33.5. The molecule has 1 atom stereocenters. The van der Waals surface area contributed by atoms with Crippen LogP contribution in [-0.2, 0) is 14.3 Å². The molecular weight excluding hydrogens is 180 g/mol. The molecular formula is C11H18O3. The Hall–Kier alpha value is -0.570. The summed E-state index contributed by atoms with van der Waals surface area (Å²) in [4.78, 5) is 11.8. The molecule has 2 fully saturated rings. The number of methoxy groups -OCH3 is 1. The molecule has 1 aliphatic heterocycles. The number of hydrogen-bond donors (Lipinski definition) is 0.